The molecule has 1 fully saturated rings. The van der Waals surface area contributed by atoms with Gasteiger partial charge in [-0.05, 0) is 25.8 Å². The van der Waals surface area contributed by atoms with Gasteiger partial charge in [-0.25, -0.2) is 0 Å². The number of amides is 2. The second-order valence-electron chi connectivity index (χ2n) is 6.84. The van der Waals surface area contributed by atoms with Gasteiger partial charge in [-0.15, -0.1) is 0 Å². The van der Waals surface area contributed by atoms with E-state index in [4.69, 9.17) is 0 Å². The van der Waals surface area contributed by atoms with E-state index in [0.717, 1.165) is 17.0 Å². The monoisotopic (exact) mass is 332 g/mol. The van der Waals surface area contributed by atoms with E-state index in [1.807, 2.05) is 35.4 Å². The van der Waals surface area contributed by atoms with Crippen LogP contribution in [0.15, 0.2) is 12.7 Å². The number of aromatic nitrogens is 2. The molecule has 0 aromatic carbocycles. The number of carbonyl (C=O) groups is 2. The normalized spacial score (nSPS) is 18.2. The van der Waals surface area contributed by atoms with Gasteiger partial charge in [0.25, 0.3) is 0 Å². The summed E-state index contributed by atoms with van der Waals surface area (Å²) in [5.74, 6) is 0.330. The Morgan fingerprint density at radius 2 is 2.00 bits per heavy atom. The van der Waals surface area contributed by atoms with Crippen molar-refractivity contribution >= 4 is 11.8 Å². The van der Waals surface area contributed by atoms with E-state index in [-0.39, 0.29) is 23.8 Å². The van der Waals surface area contributed by atoms with Gasteiger partial charge in [-0.2, -0.15) is 5.10 Å². The Morgan fingerprint density at radius 3 is 2.50 bits per heavy atom. The first-order valence-corrected chi connectivity index (χ1v) is 8.46. The van der Waals surface area contributed by atoms with Crippen molar-refractivity contribution in [2.24, 2.45) is 13.0 Å². The summed E-state index contributed by atoms with van der Waals surface area (Å²) in [5, 5.41) is 4.38. The highest BCUT2D eigenvalue weighted by molar-refractivity contribution is 5.87. The summed E-state index contributed by atoms with van der Waals surface area (Å²) in [6.45, 7) is 13.4. The van der Waals surface area contributed by atoms with Crippen LogP contribution in [-0.2, 0) is 23.1 Å². The van der Waals surface area contributed by atoms with Gasteiger partial charge in [0, 0.05) is 37.9 Å². The topological polar surface area (TPSA) is 58.4 Å². The lowest BCUT2D eigenvalue weighted by atomic mass is 9.98. The number of rotatable bonds is 4. The number of aryl methyl sites for hydroxylation is 2. The summed E-state index contributed by atoms with van der Waals surface area (Å²) in [7, 11) is 1.89. The molecule has 0 saturated carbocycles. The summed E-state index contributed by atoms with van der Waals surface area (Å²) in [6.07, 6.45) is 1.72. The van der Waals surface area contributed by atoms with Crippen LogP contribution in [0, 0.1) is 19.8 Å². The molecule has 2 amide bonds. The molecule has 132 valence electrons. The molecular weight excluding hydrogens is 304 g/mol. The molecule has 2 heterocycles. The smallest absolute Gasteiger partial charge is 0.246 e. The maximum absolute atomic E-state index is 12.8. The standard InChI is InChI=1S/C18H28N4O2/c1-7-17(23)22-9-8-21(11-16(22)12(2)3)18(24)10-15-13(4)19-20(6)14(15)5/h7,12,16H,1,8-11H2,2-6H3/t16-/m1/s1. The first-order chi connectivity index (χ1) is 11.3. The van der Waals surface area contributed by atoms with Crippen molar-refractivity contribution in [3.8, 4) is 0 Å². The summed E-state index contributed by atoms with van der Waals surface area (Å²) in [5.41, 5.74) is 2.94. The van der Waals surface area contributed by atoms with Crippen molar-refractivity contribution in [1.29, 1.82) is 0 Å². The third-order valence-corrected chi connectivity index (χ3v) is 4.99. The maximum atomic E-state index is 12.8. The van der Waals surface area contributed by atoms with Crippen LogP contribution in [0.4, 0.5) is 0 Å². The lowest BCUT2D eigenvalue weighted by Crippen LogP contribution is -2.58. The van der Waals surface area contributed by atoms with Gasteiger partial charge in [0.2, 0.25) is 11.8 Å². The molecule has 1 aromatic heterocycles. The van der Waals surface area contributed by atoms with Crippen LogP contribution in [0.25, 0.3) is 0 Å². The van der Waals surface area contributed by atoms with Gasteiger partial charge in [-0.1, -0.05) is 20.4 Å². The van der Waals surface area contributed by atoms with E-state index in [1.54, 1.807) is 0 Å². The largest absolute Gasteiger partial charge is 0.339 e. The van der Waals surface area contributed by atoms with Crippen molar-refractivity contribution in [2.45, 2.75) is 40.2 Å². The average Bonchev–Trinajstić information content (AvgIpc) is 2.79. The molecule has 6 heteroatoms. The molecule has 0 unspecified atom stereocenters. The number of hydrogen-bond acceptors (Lipinski definition) is 3. The Kier molecular flexibility index (Phi) is 5.47. The van der Waals surface area contributed by atoms with E-state index >= 15 is 0 Å². The molecule has 24 heavy (non-hydrogen) atoms. The first kappa shape index (κ1) is 18.2. The molecule has 1 atom stereocenters. The first-order valence-electron chi connectivity index (χ1n) is 8.46. The highest BCUT2D eigenvalue weighted by atomic mass is 16.2. The zero-order valence-electron chi connectivity index (χ0n) is 15.4. The summed E-state index contributed by atoms with van der Waals surface area (Å²) in [6, 6.07) is 0.0318. The van der Waals surface area contributed by atoms with Crippen molar-refractivity contribution in [3.63, 3.8) is 0 Å². The predicted molar refractivity (Wildman–Crippen MR) is 93.5 cm³/mol. The van der Waals surface area contributed by atoms with Crippen LogP contribution >= 0.6 is 0 Å². The lowest BCUT2D eigenvalue weighted by Gasteiger charge is -2.43. The Balaban J connectivity index is 2.11. The lowest BCUT2D eigenvalue weighted by molar-refractivity contribution is -0.141. The van der Waals surface area contributed by atoms with Crippen LogP contribution in [0.1, 0.15) is 30.8 Å². The van der Waals surface area contributed by atoms with Gasteiger partial charge in [0.05, 0.1) is 18.2 Å². The quantitative estimate of drug-likeness (QED) is 0.785. The Bertz CT molecular complexity index is 648. The molecule has 0 N–H and O–H groups in total. The van der Waals surface area contributed by atoms with Gasteiger partial charge in [-0.3, -0.25) is 14.3 Å². The maximum Gasteiger partial charge on any atom is 0.246 e. The Hall–Kier alpha value is -2.11. The van der Waals surface area contributed by atoms with Gasteiger partial charge in [0.1, 0.15) is 0 Å². The van der Waals surface area contributed by atoms with Gasteiger partial charge >= 0.3 is 0 Å². The average molecular weight is 332 g/mol. The van der Waals surface area contributed by atoms with Gasteiger partial charge in [0.15, 0.2) is 0 Å². The molecule has 1 saturated heterocycles. The summed E-state index contributed by atoms with van der Waals surface area (Å²) < 4.78 is 1.82. The minimum atomic E-state index is -0.0558. The molecule has 1 aliphatic rings. The van der Waals surface area contributed by atoms with Crippen molar-refractivity contribution in [2.75, 3.05) is 19.6 Å². The van der Waals surface area contributed by atoms with E-state index in [9.17, 15) is 9.59 Å². The van der Waals surface area contributed by atoms with Crippen LogP contribution in [0.5, 0.6) is 0 Å². The summed E-state index contributed by atoms with van der Waals surface area (Å²) >= 11 is 0. The SMILES string of the molecule is C=CC(=O)N1CCN(C(=O)Cc2c(C)nn(C)c2C)C[C@@H]1C(C)C. The predicted octanol–water partition coefficient (Wildman–Crippen LogP) is 1.46. The molecule has 6 nitrogen and oxygen atoms in total. The molecule has 0 aliphatic carbocycles. The number of hydrogen-bond donors (Lipinski definition) is 0. The fraction of sp³-hybridized carbons (Fsp3) is 0.611. The minimum absolute atomic E-state index is 0.0318. The van der Waals surface area contributed by atoms with E-state index < -0.39 is 0 Å². The molecule has 1 aliphatic heterocycles. The number of carbonyl (C=O) groups excluding carboxylic acids is 2. The molecule has 0 bridgehead atoms. The van der Waals surface area contributed by atoms with Crippen LogP contribution in [-0.4, -0.2) is 57.1 Å². The Morgan fingerprint density at radius 1 is 1.33 bits per heavy atom. The second-order valence-corrected chi connectivity index (χ2v) is 6.84. The van der Waals surface area contributed by atoms with Crippen LogP contribution in [0.2, 0.25) is 0 Å². The molecule has 2 rings (SSSR count). The van der Waals surface area contributed by atoms with E-state index in [2.05, 4.69) is 25.5 Å². The summed E-state index contributed by atoms with van der Waals surface area (Å²) in [4.78, 5) is 28.5. The van der Waals surface area contributed by atoms with E-state index in [0.29, 0.717) is 26.1 Å². The van der Waals surface area contributed by atoms with Crippen molar-refractivity contribution in [3.05, 3.63) is 29.6 Å². The van der Waals surface area contributed by atoms with Crippen molar-refractivity contribution in [1.82, 2.24) is 19.6 Å². The minimum Gasteiger partial charge on any atom is -0.339 e. The fourth-order valence-electron chi connectivity index (χ4n) is 3.33. The molecule has 1 aromatic rings. The number of nitrogens with zero attached hydrogens (tertiary/aromatic N) is 4. The highest BCUT2D eigenvalue weighted by Crippen LogP contribution is 2.20. The van der Waals surface area contributed by atoms with Crippen molar-refractivity contribution < 1.29 is 9.59 Å². The Labute approximate surface area is 144 Å². The van der Waals surface area contributed by atoms with Gasteiger partial charge < -0.3 is 9.80 Å². The molecule has 0 spiro atoms. The fourth-order valence-corrected chi connectivity index (χ4v) is 3.33. The zero-order valence-corrected chi connectivity index (χ0v) is 15.4. The third kappa shape index (κ3) is 3.52. The third-order valence-electron chi connectivity index (χ3n) is 4.99. The second kappa shape index (κ2) is 7.20. The molecular formula is C18H28N4O2. The zero-order chi connectivity index (χ0) is 18.0. The van der Waals surface area contributed by atoms with Crippen LogP contribution in [0.3, 0.4) is 0 Å². The molecule has 0 radical (unpaired) electrons. The van der Waals surface area contributed by atoms with E-state index in [1.165, 1.54) is 6.08 Å². The number of piperazine rings is 1. The van der Waals surface area contributed by atoms with Crippen LogP contribution < -0.4 is 0 Å². The highest BCUT2D eigenvalue weighted by Gasteiger charge is 2.33.